The van der Waals surface area contributed by atoms with Crippen molar-refractivity contribution in [2.75, 3.05) is 18.5 Å². The van der Waals surface area contributed by atoms with Crippen LogP contribution in [0, 0.1) is 0 Å². The third-order valence-corrected chi connectivity index (χ3v) is 2.49. The first-order chi connectivity index (χ1) is 8.22. The lowest BCUT2D eigenvalue weighted by atomic mass is 10.1. The van der Waals surface area contributed by atoms with E-state index in [1.807, 2.05) is 33.0 Å². The largest absolute Gasteiger partial charge is 0.427 e. The van der Waals surface area contributed by atoms with Crippen LogP contribution in [0.4, 0.5) is 5.69 Å². The van der Waals surface area contributed by atoms with Crippen LogP contribution in [0.25, 0.3) is 0 Å². The Kier molecular flexibility index (Phi) is 7.85. The minimum atomic E-state index is 0.466. The summed E-state index contributed by atoms with van der Waals surface area (Å²) in [6.07, 6.45) is 0.978. The van der Waals surface area contributed by atoms with Crippen LogP contribution in [-0.4, -0.2) is 20.1 Å². The molecule has 1 aromatic rings. The summed E-state index contributed by atoms with van der Waals surface area (Å²) < 4.78 is 4.94. The highest BCUT2D eigenvalue weighted by molar-refractivity contribution is 5.63. The van der Waals surface area contributed by atoms with Gasteiger partial charge in [0.05, 0.1) is 5.69 Å². The molecule has 3 nitrogen and oxygen atoms in total. The molecule has 0 atom stereocenters. The number of hydrogen-bond acceptors (Lipinski definition) is 3. The van der Waals surface area contributed by atoms with Crippen molar-refractivity contribution in [1.29, 1.82) is 0 Å². The Bertz CT molecular complexity index is 337. The van der Waals surface area contributed by atoms with Gasteiger partial charge in [-0.25, -0.2) is 0 Å². The second kappa shape index (κ2) is 8.62. The van der Waals surface area contributed by atoms with Gasteiger partial charge in [0.15, 0.2) is 5.75 Å². The summed E-state index contributed by atoms with van der Waals surface area (Å²) in [4.78, 5) is 12.4. The third-order valence-electron chi connectivity index (χ3n) is 2.49. The quantitative estimate of drug-likeness (QED) is 0.736. The van der Waals surface area contributed by atoms with E-state index in [1.165, 1.54) is 5.56 Å². The van der Waals surface area contributed by atoms with E-state index >= 15 is 0 Å². The molecule has 0 radical (unpaired) electrons. The molecule has 0 heterocycles. The van der Waals surface area contributed by atoms with Crippen LogP contribution in [0.3, 0.4) is 0 Å². The zero-order valence-electron chi connectivity index (χ0n) is 11.5. The highest BCUT2D eigenvalue weighted by Gasteiger charge is 2.08. The number of benzene rings is 1. The molecule has 0 aliphatic rings. The summed E-state index contributed by atoms with van der Waals surface area (Å²) in [5, 5.41) is 0. The van der Waals surface area contributed by atoms with Gasteiger partial charge in [-0.15, -0.1) is 0 Å². The van der Waals surface area contributed by atoms with Crippen molar-refractivity contribution < 1.29 is 9.53 Å². The van der Waals surface area contributed by atoms with Crippen molar-refractivity contribution in [3.63, 3.8) is 0 Å². The van der Waals surface area contributed by atoms with E-state index in [9.17, 15) is 4.79 Å². The highest BCUT2D eigenvalue weighted by Crippen LogP contribution is 2.28. The Hall–Kier alpha value is -1.51. The van der Waals surface area contributed by atoms with Gasteiger partial charge in [0.25, 0.3) is 6.47 Å². The Labute approximate surface area is 104 Å². The number of carbonyl (C=O) groups is 1. The minimum Gasteiger partial charge on any atom is -0.427 e. The van der Waals surface area contributed by atoms with E-state index in [0.717, 1.165) is 18.7 Å². The van der Waals surface area contributed by atoms with E-state index in [4.69, 9.17) is 4.74 Å². The summed E-state index contributed by atoms with van der Waals surface area (Å²) >= 11 is 0. The smallest absolute Gasteiger partial charge is 0.298 e. The molecule has 1 rings (SSSR count). The van der Waals surface area contributed by atoms with Gasteiger partial charge in [0, 0.05) is 13.6 Å². The summed E-state index contributed by atoms with van der Waals surface area (Å²) in [5.74, 6) is 0.617. The molecule has 0 amide bonds. The lowest BCUT2D eigenvalue weighted by molar-refractivity contribution is -0.120. The fraction of sp³-hybridized carbons (Fsp3) is 0.500. The maximum Gasteiger partial charge on any atom is 0.298 e. The molecule has 1 aromatic carbocycles. The van der Waals surface area contributed by atoms with Crippen LogP contribution in [-0.2, 0) is 11.2 Å². The van der Waals surface area contributed by atoms with Crippen molar-refractivity contribution in [3.8, 4) is 5.75 Å². The summed E-state index contributed by atoms with van der Waals surface area (Å²) in [6.45, 7) is 9.50. The van der Waals surface area contributed by atoms with Gasteiger partial charge >= 0.3 is 0 Å². The van der Waals surface area contributed by atoms with Crippen molar-refractivity contribution in [2.24, 2.45) is 0 Å². The molecule has 0 N–H and O–H groups in total. The lowest BCUT2D eigenvalue weighted by Crippen LogP contribution is -2.17. The van der Waals surface area contributed by atoms with Gasteiger partial charge in [0.2, 0.25) is 0 Å². The molecule has 0 unspecified atom stereocenters. The van der Waals surface area contributed by atoms with Crippen molar-refractivity contribution in [1.82, 2.24) is 0 Å². The van der Waals surface area contributed by atoms with E-state index in [2.05, 4.69) is 24.8 Å². The predicted octanol–water partition coefficient (Wildman–Crippen LogP) is 3.27. The molecule has 0 aromatic heterocycles. The zero-order chi connectivity index (χ0) is 13.3. The van der Waals surface area contributed by atoms with E-state index in [1.54, 1.807) is 0 Å². The van der Waals surface area contributed by atoms with E-state index < -0.39 is 0 Å². The number of carbonyl (C=O) groups excluding carboxylic acids is 1. The molecule has 0 saturated carbocycles. The Balaban J connectivity index is 0.00000121. The molecule has 0 saturated heterocycles. The first-order valence-electron chi connectivity index (χ1n) is 6.17. The highest BCUT2D eigenvalue weighted by atomic mass is 16.5. The maximum absolute atomic E-state index is 10.4. The molecule has 0 bridgehead atoms. The average Bonchev–Trinajstić information content (AvgIpc) is 2.41. The summed E-state index contributed by atoms with van der Waals surface area (Å²) in [7, 11) is 1.98. The molecule has 0 aliphatic carbocycles. The van der Waals surface area contributed by atoms with Gasteiger partial charge in [-0.1, -0.05) is 26.8 Å². The number of aryl methyl sites for hydroxylation is 1. The van der Waals surface area contributed by atoms with Gasteiger partial charge < -0.3 is 9.64 Å². The van der Waals surface area contributed by atoms with Crippen LogP contribution in [0.5, 0.6) is 5.75 Å². The van der Waals surface area contributed by atoms with E-state index in [-0.39, 0.29) is 0 Å². The third kappa shape index (κ3) is 4.47. The monoisotopic (exact) mass is 237 g/mol. The van der Waals surface area contributed by atoms with Gasteiger partial charge in [0.1, 0.15) is 0 Å². The summed E-state index contributed by atoms with van der Waals surface area (Å²) in [5.41, 5.74) is 2.20. The topological polar surface area (TPSA) is 29.5 Å². The number of hydrogen-bond donors (Lipinski definition) is 0. The van der Waals surface area contributed by atoms with Crippen LogP contribution < -0.4 is 9.64 Å². The second-order valence-electron chi connectivity index (χ2n) is 3.38. The van der Waals surface area contributed by atoms with Crippen molar-refractivity contribution in [3.05, 3.63) is 23.8 Å². The Morgan fingerprint density at radius 2 is 1.94 bits per heavy atom. The average molecular weight is 237 g/mol. The number of anilines is 1. The molecular formula is C14H23NO2. The molecule has 0 spiro atoms. The fourth-order valence-electron chi connectivity index (χ4n) is 1.40. The van der Waals surface area contributed by atoms with Crippen LogP contribution in [0.15, 0.2) is 18.2 Å². The molecule has 3 heteroatoms. The minimum absolute atomic E-state index is 0.466. The molecule has 96 valence electrons. The number of rotatable bonds is 5. The standard InChI is InChI=1S/C12H17NO2.C2H6/c1-4-10-6-7-12(15-9-14)11(8-10)13(3)5-2;1-2/h6-9H,4-5H2,1-3H3;1-2H3. The maximum atomic E-state index is 10.4. The lowest BCUT2D eigenvalue weighted by Gasteiger charge is -2.20. The van der Waals surface area contributed by atoms with Gasteiger partial charge in [-0.3, -0.25) is 4.79 Å². The first kappa shape index (κ1) is 15.5. The van der Waals surface area contributed by atoms with Crippen LogP contribution >= 0.6 is 0 Å². The molecule has 17 heavy (non-hydrogen) atoms. The normalized spacial score (nSPS) is 9.00. The SMILES string of the molecule is CC.CCc1ccc(OC=O)c(N(C)CC)c1. The molecular weight excluding hydrogens is 214 g/mol. The van der Waals surface area contributed by atoms with E-state index in [0.29, 0.717) is 12.2 Å². The van der Waals surface area contributed by atoms with Crippen molar-refractivity contribution in [2.45, 2.75) is 34.1 Å². The fourth-order valence-corrected chi connectivity index (χ4v) is 1.40. The number of ether oxygens (including phenoxy) is 1. The van der Waals surface area contributed by atoms with Crippen LogP contribution in [0.2, 0.25) is 0 Å². The van der Waals surface area contributed by atoms with Crippen molar-refractivity contribution >= 4 is 12.2 Å². The number of nitrogens with zero attached hydrogens (tertiary/aromatic N) is 1. The molecule has 0 fully saturated rings. The Morgan fingerprint density at radius 1 is 1.29 bits per heavy atom. The first-order valence-corrected chi connectivity index (χ1v) is 6.17. The summed E-state index contributed by atoms with van der Waals surface area (Å²) in [6, 6.07) is 5.88. The van der Waals surface area contributed by atoms with Gasteiger partial charge in [-0.2, -0.15) is 0 Å². The second-order valence-corrected chi connectivity index (χ2v) is 3.38. The zero-order valence-corrected chi connectivity index (χ0v) is 11.5. The molecule has 0 aliphatic heterocycles. The van der Waals surface area contributed by atoms with Crippen LogP contribution in [0.1, 0.15) is 33.3 Å². The van der Waals surface area contributed by atoms with Gasteiger partial charge in [-0.05, 0) is 31.0 Å². The predicted molar refractivity (Wildman–Crippen MR) is 72.8 cm³/mol. The Morgan fingerprint density at radius 3 is 2.41 bits per heavy atom.